The highest BCUT2D eigenvalue weighted by molar-refractivity contribution is 5.80. The van der Waals surface area contributed by atoms with Crippen molar-refractivity contribution in [3.8, 4) is 0 Å². The van der Waals surface area contributed by atoms with Crippen molar-refractivity contribution in [2.75, 3.05) is 0 Å². The predicted octanol–water partition coefficient (Wildman–Crippen LogP) is 4.78. The minimum absolute atomic E-state index is 0.617. The number of unbranched alkanes of at least 4 members (excludes halogenated alkanes) is 2. The number of benzene rings is 1. The lowest BCUT2D eigenvalue weighted by molar-refractivity contribution is 0.489. The minimum Gasteiger partial charge on any atom is -0.345 e. The summed E-state index contributed by atoms with van der Waals surface area (Å²) in [4.78, 5) is 0. The van der Waals surface area contributed by atoms with Crippen LogP contribution in [0.3, 0.4) is 0 Å². The Balaban J connectivity index is 2.13. The van der Waals surface area contributed by atoms with Gasteiger partial charge < -0.3 is 4.57 Å². The molecule has 1 atom stereocenters. The Hall–Kier alpha value is -1.24. The average molecular weight is 215 g/mol. The maximum Gasteiger partial charge on any atom is 0.0482 e. The van der Waals surface area contributed by atoms with Crippen LogP contribution in [0.2, 0.25) is 0 Å². The van der Waals surface area contributed by atoms with E-state index < -0.39 is 0 Å². The summed E-state index contributed by atoms with van der Waals surface area (Å²) in [6, 6.07) is 11.5. The number of para-hydroxylation sites is 1. The topological polar surface area (TPSA) is 4.93 Å². The van der Waals surface area contributed by atoms with Crippen LogP contribution < -0.4 is 0 Å². The molecule has 1 heteroatoms. The number of rotatable bonds is 5. The highest BCUT2D eigenvalue weighted by Crippen LogP contribution is 2.23. The molecular weight excluding hydrogens is 194 g/mol. The number of hydrogen-bond donors (Lipinski definition) is 0. The van der Waals surface area contributed by atoms with Gasteiger partial charge in [-0.15, -0.1) is 0 Å². The van der Waals surface area contributed by atoms with Gasteiger partial charge in [-0.25, -0.2) is 0 Å². The fourth-order valence-corrected chi connectivity index (χ4v) is 2.32. The van der Waals surface area contributed by atoms with Crippen LogP contribution in [0.15, 0.2) is 36.5 Å². The lowest BCUT2D eigenvalue weighted by atomic mass is 10.1. The Labute approximate surface area is 98.1 Å². The summed E-state index contributed by atoms with van der Waals surface area (Å²) < 4.78 is 2.41. The highest BCUT2D eigenvalue weighted by Gasteiger charge is 2.06. The molecule has 2 aromatic rings. The molecule has 86 valence electrons. The van der Waals surface area contributed by atoms with Gasteiger partial charge in [0.1, 0.15) is 0 Å². The van der Waals surface area contributed by atoms with Crippen LogP contribution in [-0.4, -0.2) is 4.57 Å². The molecule has 2 rings (SSSR count). The Morgan fingerprint density at radius 3 is 2.75 bits per heavy atom. The maximum absolute atomic E-state index is 2.41. The Bertz CT molecular complexity index is 441. The average Bonchev–Trinajstić information content (AvgIpc) is 2.73. The molecule has 0 fully saturated rings. The lowest BCUT2D eigenvalue weighted by Crippen LogP contribution is -2.03. The van der Waals surface area contributed by atoms with E-state index in [0.717, 1.165) is 0 Å². The molecule has 0 aliphatic heterocycles. The minimum atomic E-state index is 0.617. The lowest BCUT2D eigenvalue weighted by Gasteiger charge is -2.15. The van der Waals surface area contributed by atoms with Gasteiger partial charge in [-0.05, 0) is 30.9 Å². The maximum atomic E-state index is 2.41. The fraction of sp³-hybridized carbons (Fsp3) is 0.467. The Morgan fingerprint density at radius 2 is 1.94 bits per heavy atom. The van der Waals surface area contributed by atoms with Crippen LogP contribution in [-0.2, 0) is 0 Å². The second-order valence-electron chi connectivity index (χ2n) is 4.63. The summed E-state index contributed by atoms with van der Waals surface area (Å²) in [5, 5.41) is 1.35. The summed E-state index contributed by atoms with van der Waals surface area (Å²) in [7, 11) is 0. The van der Waals surface area contributed by atoms with Crippen molar-refractivity contribution in [3.05, 3.63) is 36.5 Å². The Kier molecular flexibility index (Phi) is 3.66. The van der Waals surface area contributed by atoms with Gasteiger partial charge >= 0.3 is 0 Å². The largest absolute Gasteiger partial charge is 0.345 e. The smallest absolute Gasteiger partial charge is 0.0482 e. The molecule has 1 nitrogen and oxygen atoms in total. The van der Waals surface area contributed by atoms with Crippen molar-refractivity contribution in [2.24, 2.45) is 0 Å². The molecule has 0 aliphatic rings. The summed E-state index contributed by atoms with van der Waals surface area (Å²) in [5.74, 6) is 0. The van der Waals surface area contributed by atoms with Gasteiger partial charge in [-0.3, -0.25) is 0 Å². The number of nitrogens with zero attached hydrogens (tertiary/aromatic N) is 1. The van der Waals surface area contributed by atoms with Gasteiger partial charge in [-0.2, -0.15) is 0 Å². The van der Waals surface area contributed by atoms with Gasteiger partial charge in [0, 0.05) is 17.8 Å². The second kappa shape index (κ2) is 5.20. The van der Waals surface area contributed by atoms with Crippen LogP contribution >= 0.6 is 0 Å². The van der Waals surface area contributed by atoms with Crippen molar-refractivity contribution in [1.29, 1.82) is 0 Å². The zero-order valence-corrected chi connectivity index (χ0v) is 10.3. The molecule has 1 aromatic carbocycles. The van der Waals surface area contributed by atoms with E-state index in [4.69, 9.17) is 0 Å². The molecule has 0 saturated carbocycles. The highest BCUT2D eigenvalue weighted by atomic mass is 15.0. The van der Waals surface area contributed by atoms with E-state index in [1.807, 2.05) is 0 Å². The zero-order chi connectivity index (χ0) is 11.4. The number of aromatic nitrogens is 1. The van der Waals surface area contributed by atoms with Crippen LogP contribution in [0.1, 0.15) is 45.6 Å². The monoisotopic (exact) mass is 215 g/mol. The van der Waals surface area contributed by atoms with Crippen LogP contribution in [0.5, 0.6) is 0 Å². The molecule has 0 aliphatic carbocycles. The molecule has 1 aromatic heterocycles. The molecule has 0 saturated heterocycles. The standard InChI is InChI=1S/C15H21N/c1-3-4-5-8-13(2)16-12-11-14-9-6-7-10-15(14)16/h6-7,9-13H,3-5,8H2,1-2H3. The van der Waals surface area contributed by atoms with Gasteiger partial charge in [0.2, 0.25) is 0 Å². The van der Waals surface area contributed by atoms with E-state index >= 15 is 0 Å². The quantitative estimate of drug-likeness (QED) is 0.632. The SMILES string of the molecule is CCCCCC(C)n1ccc2ccccc21. The first kappa shape index (κ1) is 11.3. The third kappa shape index (κ3) is 2.29. The molecule has 0 bridgehead atoms. The van der Waals surface area contributed by atoms with Crippen LogP contribution in [0, 0.1) is 0 Å². The third-order valence-electron chi connectivity index (χ3n) is 3.33. The first-order valence-electron chi connectivity index (χ1n) is 6.38. The van der Waals surface area contributed by atoms with Gasteiger partial charge in [0.05, 0.1) is 0 Å². The molecule has 1 heterocycles. The molecule has 0 spiro atoms. The molecule has 0 N–H and O–H groups in total. The van der Waals surface area contributed by atoms with E-state index in [2.05, 4.69) is 54.9 Å². The van der Waals surface area contributed by atoms with Crippen molar-refractivity contribution >= 4 is 10.9 Å². The van der Waals surface area contributed by atoms with E-state index in [9.17, 15) is 0 Å². The van der Waals surface area contributed by atoms with Gasteiger partial charge in [-0.1, -0.05) is 44.4 Å². The van der Waals surface area contributed by atoms with Gasteiger partial charge in [0.25, 0.3) is 0 Å². The molecule has 0 amide bonds. The first-order chi connectivity index (χ1) is 7.83. The normalized spacial score (nSPS) is 13.1. The molecule has 16 heavy (non-hydrogen) atoms. The molecular formula is C15H21N. The van der Waals surface area contributed by atoms with E-state index in [-0.39, 0.29) is 0 Å². The van der Waals surface area contributed by atoms with Crippen LogP contribution in [0.4, 0.5) is 0 Å². The number of hydrogen-bond acceptors (Lipinski definition) is 0. The predicted molar refractivity (Wildman–Crippen MR) is 70.8 cm³/mol. The second-order valence-corrected chi connectivity index (χ2v) is 4.63. The summed E-state index contributed by atoms with van der Waals surface area (Å²) in [6.07, 6.45) is 7.50. The van der Waals surface area contributed by atoms with E-state index in [1.54, 1.807) is 0 Å². The first-order valence-corrected chi connectivity index (χ1v) is 6.38. The summed E-state index contributed by atoms with van der Waals surface area (Å²) >= 11 is 0. The van der Waals surface area contributed by atoms with Crippen molar-refractivity contribution in [3.63, 3.8) is 0 Å². The van der Waals surface area contributed by atoms with Gasteiger partial charge in [0.15, 0.2) is 0 Å². The Morgan fingerprint density at radius 1 is 1.12 bits per heavy atom. The van der Waals surface area contributed by atoms with E-state index in [0.29, 0.717) is 6.04 Å². The summed E-state index contributed by atoms with van der Waals surface area (Å²) in [5.41, 5.74) is 1.37. The zero-order valence-electron chi connectivity index (χ0n) is 10.3. The molecule has 1 unspecified atom stereocenters. The molecule has 0 radical (unpaired) electrons. The van der Waals surface area contributed by atoms with Crippen LogP contribution in [0.25, 0.3) is 10.9 Å². The summed E-state index contributed by atoms with van der Waals surface area (Å²) in [6.45, 7) is 4.58. The van der Waals surface area contributed by atoms with E-state index in [1.165, 1.54) is 36.6 Å². The third-order valence-corrected chi connectivity index (χ3v) is 3.33. The van der Waals surface area contributed by atoms with Crippen molar-refractivity contribution < 1.29 is 0 Å². The van der Waals surface area contributed by atoms with Crippen molar-refractivity contribution in [2.45, 2.75) is 45.6 Å². The fourth-order valence-electron chi connectivity index (χ4n) is 2.32. The number of fused-ring (bicyclic) bond motifs is 1. The van der Waals surface area contributed by atoms with Crippen molar-refractivity contribution in [1.82, 2.24) is 4.57 Å².